The van der Waals surface area contributed by atoms with Gasteiger partial charge in [-0.15, -0.1) is 0 Å². The van der Waals surface area contributed by atoms with E-state index in [1.54, 1.807) is 0 Å². The molecule has 0 aromatic carbocycles. The number of anilines is 1. The third kappa shape index (κ3) is 4.36. The van der Waals surface area contributed by atoms with Crippen LogP contribution in [0.4, 0.5) is 5.82 Å². The van der Waals surface area contributed by atoms with Crippen LogP contribution in [0.25, 0.3) is 22.4 Å². The van der Waals surface area contributed by atoms with Gasteiger partial charge in [-0.05, 0) is 43.9 Å². The zero-order valence-corrected chi connectivity index (χ0v) is 20.3. The summed E-state index contributed by atoms with van der Waals surface area (Å²) in [6.45, 7) is 15.4. The van der Waals surface area contributed by atoms with Crippen LogP contribution < -0.4 is 5.32 Å². The van der Waals surface area contributed by atoms with Crippen LogP contribution in [0.3, 0.4) is 0 Å². The molecule has 3 aromatic heterocycles. The number of hydrogen-bond acceptors (Lipinski definition) is 6. The van der Waals surface area contributed by atoms with Gasteiger partial charge in [-0.25, -0.2) is 15.0 Å². The fraction of sp³-hybridized carbons (Fsp3) is 0.560. The second kappa shape index (κ2) is 9.55. The van der Waals surface area contributed by atoms with Crippen molar-refractivity contribution < 1.29 is 4.74 Å². The van der Waals surface area contributed by atoms with Gasteiger partial charge in [0.2, 0.25) is 0 Å². The smallest absolute Gasteiger partial charge is 0.159 e. The van der Waals surface area contributed by atoms with Crippen molar-refractivity contribution in [3.8, 4) is 11.3 Å². The summed E-state index contributed by atoms with van der Waals surface area (Å²) >= 11 is 0. The van der Waals surface area contributed by atoms with Crippen LogP contribution in [-0.2, 0) is 4.74 Å². The zero-order chi connectivity index (χ0) is 22.8. The first-order valence-electron chi connectivity index (χ1n) is 11.8. The molecular weight excluding hydrogens is 400 g/mol. The standard InChI is InChI=1S/C25H36N6O/c1-7-19(15-30-10-12-32-13-11-30)31-14-17(4)22-25(31)27-18(5)23(29-22)20-8-9-21(16(2)3)28-24(20)26-6/h8-9,14,16,19H,7,10-13,15H2,1-6H3,(H,26,28)/t19-/m1/s1. The number of nitrogens with zero attached hydrogens (tertiary/aromatic N) is 5. The molecule has 1 saturated heterocycles. The molecule has 3 aromatic rings. The number of aromatic nitrogens is 4. The second-order valence-corrected chi connectivity index (χ2v) is 9.06. The van der Waals surface area contributed by atoms with E-state index in [9.17, 15) is 0 Å². The average Bonchev–Trinajstić information content (AvgIpc) is 3.12. The predicted molar refractivity (Wildman–Crippen MR) is 130 cm³/mol. The van der Waals surface area contributed by atoms with Gasteiger partial charge in [-0.2, -0.15) is 0 Å². The van der Waals surface area contributed by atoms with Crippen LogP contribution in [-0.4, -0.2) is 64.3 Å². The van der Waals surface area contributed by atoms with Crippen LogP contribution in [0.15, 0.2) is 18.3 Å². The van der Waals surface area contributed by atoms with E-state index in [2.05, 4.69) is 60.8 Å². The molecule has 1 fully saturated rings. The quantitative estimate of drug-likeness (QED) is 0.586. The van der Waals surface area contributed by atoms with Gasteiger partial charge in [0.15, 0.2) is 5.65 Å². The lowest BCUT2D eigenvalue weighted by atomic mass is 10.1. The molecule has 7 heteroatoms. The first kappa shape index (κ1) is 22.7. The van der Waals surface area contributed by atoms with E-state index in [0.717, 1.165) is 84.5 Å². The molecule has 0 amide bonds. The van der Waals surface area contributed by atoms with Crippen molar-refractivity contribution in [3.05, 3.63) is 35.3 Å². The van der Waals surface area contributed by atoms with E-state index < -0.39 is 0 Å². The highest BCUT2D eigenvalue weighted by atomic mass is 16.5. The van der Waals surface area contributed by atoms with Crippen LogP contribution in [0.1, 0.15) is 56.1 Å². The maximum absolute atomic E-state index is 5.52. The molecule has 0 bridgehead atoms. The van der Waals surface area contributed by atoms with Gasteiger partial charge >= 0.3 is 0 Å². The minimum absolute atomic E-state index is 0.365. The van der Waals surface area contributed by atoms with Crippen molar-refractivity contribution >= 4 is 17.0 Å². The van der Waals surface area contributed by atoms with Crippen molar-refractivity contribution in [1.29, 1.82) is 0 Å². The lowest BCUT2D eigenvalue weighted by molar-refractivity contribution is 0.0314. The third-order valence-electron chi connectivity index (χ3n) is 6.44. The maximum atomic E-state index is 5.52. The minimum atomic E-state index is 0.365. The number of nitrogens with one attached hydrogen (secondary N) is 1. The lowest BCUT2D eigenvalue weighted by Crippen LogP contribution is -2.39. The van der Waals surface area contributed by atoms with Gasteiger partial charge in [0.1, 0.15) is 11.3 Å². The molecule has 0 radical (unpaired) electrons. The summed E-state index contributed by atoms with van der Waals surface area (Å²) in [5.74, 6) is 1.23. The molecule has 172 valence electrons. The van der Waals surface area contributed by atoms with Crippen molar-refractivity contribution in [3.63, 3.8) is 0 Å². The van der Waals surface area contributed by atoms with E-state index in [1.165, 1.54) is 0 Å². The fourth-order valence-electron chi connectivity index (χ4n) is 4.49. The molecule has 32 heavy (non-hydrogen) atoms. The number of morpholine rings is 1. The number of rotatable bonds is 7. The number of pyridine rings is 1. The highest BCUT2D eigenvalue weighted by Crippen LogP contribution is 2.32. The van der Waals surface area contributed by atoms with Crippen LogP contribution >= 0.6 is 0 Å². The minimum Gasteiger partial charge on any atom is -0.379 e. The normalized spacial score (nSPS) is 16.1. The SMILES string of the molecule is CC[C@H](CN1CCOCC1)n1cc(C)c2nc(-c3ccc(C(C)C)nc3NC)c(C)nc21. The molecule has 0 saturated carbocycles. The Balaban J connectivity index is 1.74. The van der Waals surface area contributed by atoms with Gasteiger partial charge in [0, 0.05) is 50.2 Å². The van der Waals surface area contributed by atoms with Crippen molar-refractivity contribution in [2.45, 2.75) is 53.0 Å². The Morgan fingerprint density at radius 3 is 2.50 bits per heavy atom. The molecule has 0 spiro atoms. The van der Waals surface area contributed by atoms with Gasteiger partial charge in [-0.1, -0.05) is 20.8 Å². The highest BCUT2D eigenvalue weighted by Gasteiger charge is 2.22. The van der Waals surface area contributed by atoms with Crippen LogP contribution in [0, 0.1) is 13.8 Å². The zero-order valence-electron chi connectivity index (χ0n) is 20.3. The van der Waals surface area contributed by atoms with Crippen molar-refractivity contribution in [2.24, 2.45) is 0 Å². The molecule has 4 rings (SSSR count). The van der Waals surface area contributed by atoms with E-state index in [-0.39, 0.29) is 0 Å². The average molecular weight is 437 g/mol. The summed E-state index contributed by atoms with van der Waals surface area (Å²) in [5.41, 5.74) is 6.99. The topological polar surface area (TPSA) is 68.1 Å². The second-order valence-electron chi connectivity index (χ2n) is 9.06. The summed E-state index contributed by atoms with van der Waals surface area (Å²) in [6, 6.07) is 4.58. The molecule has 4 heterocycles. The monoisotopic (exact) mass is 436 g/mol. The first-order valence-corrected chi connectivity index (χ1v) is 11.8. The molecular formula is C25H36N6O. The molecule has 0 unspecified atom stereocenters. The third-order valence-corrected chi connectivity index (χ3v) is 6.44. The van der Waals surface area contributed by atoms with E-state index in [0.29, 0.717) is 12.0 Å². The summed E-state index contributed by atoms with van der Waals surface area (Å²) in [4.78, 5) is 17.5. The predicted octanol–water partition coefficient (Wildman–Crippen LogP) is 4.56. The Bertz CT molecular complexity index is 1080. The Labute approximate surface area is 191 Å². The van der Waals surface area contributed by atoms with E-state index in [1.807, 2.05) is 14.0 Å². The summed E-state index contributed by atoms with van der Waals surface area (Å²) in [7, 11) is 1.91. The van der Waals surface area contributed by atoms with E-state index >= 15 is 0 Å². The van der Waals surface area contributed by atoms with Gasteiger partial charge in [-0.3, -0.25) is 4.90 Å². The molecule has 1 N–H and O–H groups in total. The van der Waals surface area contributed by atoms with E-state index in [4.69, 9.17) is 19.7 Å². The Morgan fingerprint density at radius 2 is 1.84 bits per heavy atom. The molecule has 7 nitrogen and oxygen atoms in total. The maximum Gasteiger partial charge on any atom is 0.159 e. The molecule has 1 aliphatic heterocycles. The Kier molecular flexibility index (Phi) is 6.76. The lowest BCUT2D eigenvalue weighted by Gasteiger charge is -2.31. The number of fused-ring (bicyclic) bond motifs is 1. The number of aryl methyl sites for hydroxylation is 2. The van der Waals surface area contributed by atoms with Crippen LogP contribution in [0.2, 0.25) is 0 Å². The summed E-state index contributed by atoms with van der Waals surface area (Å²) < 4.78 is 7.86. The summed E-state index contributed by atoms with van der Waals surface area (Å²) in [6.07, 6.45) is 3.27. The van der Waals surface area contributed by atoms with Gasteiger partial charge in [0.25, 0.3) is 0 Å². The Hall–Kier alpha value is -2.51. The van der Waals surface area contributed by atoms with Gasteiger partial charge < -0.3 is 14.6 Å². The van der Waals surface area contributed by atoms with Crippen molar-refractivity contribution in [2.75, 3.05) is 45.2 Å². The number of ether oxygens (including phenoxy) is 1. The molecule has 0 aliphatic carbocycles. The highest BCUT2D eigenvalue weighted by molar-refractivity contribution is 5.82. The Morgan fingerprint density at radius 1 is 1.09 bits per heavy atom. The van der Waals surface area contributed by atoms with Crippen molar-refractivity contribution in [1.82, 2.24) is 24.4 Å². The fourth-order valence-corrected chi connectivity index (χ4v) is 4.49. The molecule has 1 aliphatic rings. The molecule has 1 atom stereocenters. The summed E-state index contributed by atoms with van der Waals surface area (Å²) in [5, 5.41) is 3.26. The first-order chi connectivity index (χ1) is 15.4. The number of hydrogen-bond donors (Lipinski definition) is 1. The van der Waals surface area contributed by atoms with Gasteiger partial charge in [0.05, 0.1) is 24.6 Å². The van der Waals surface area contributed by atoms with Crippen LogP contribution in [0.5, 0.6) is 0 Å². The largest absolute Gasteiger partial charge is 0.379 e.